The number of diazo groups is 1. The molecule has 0 aliphatic rings. The summed E-state index contributed by atoms with van der Waals surface area (Å²) in [7, 11) is -4.92. The van der Waals surface area contributed by atoms with E-state index in [0.717, 1.165) is 12.1 Å². The number of rotatable bonds is 2. The van der Waals surface area contributed by atoms with Gasteiger partial charge in [0.2, 0.25) is 15.8 Å². The predicted molar refractivity (Wildman–Crippen MR) is 61.8 cm³/mol. The van der Waals surface area contributed by atoms with Crippen molar-refractivity contribution in [1.29, 1.82) is 5.39 Å². The van der Waals surface area contributed by atoms with Gasteiger partial charge in [0.1, 0.15) is 0 Å². The first-order valence-electron chi connectivity index (χ1n) is 4.13. The standard InChI is InChI=1S/C6H2ClN4O4.H2O4S/c7-3-1-4(10(12)13)6(9-8)5(2-3)11(14)15;1-5(2,3)4/h1-2H;(H2,1,2,3,4)/q+1;/p-1. The van der Waals surface area contributed by atoms with Crippen molar-refractivity contribution in [1.82, 2.24) is 0 Å². The molecule has 0 radical (unpaired) electrons. The molecule has 0 aliphatic carbocycles. The fourth-order valence-electron chi connectivity index (χ4n) is 0.952. The molecule has 0 bridgehead atoms. The maximum absolute atomic E-state index is 10.5. The number of nitro benzene ring substituents is 2. The minimum Gasteiger partial charge on any atom is -0.726 e. The lowest BCUT2D eigenvalue weighted by Crippen LogP contribution is -1.93. The van der Waals surface area contributed by atoms with E-state index in [1.54, 1.807) is 0 Å². The summed E-state index contributed by atoms with van der Waals surface area (Å²) in [6.45, 7) is 0. The van der Waals surface area contributed by atoms with Crippen molar-refractivity contribution in [2.45, 2.75) is 0 Å². The molecule has 1 aromatic rings. The van der Waals surface area contributed by atoms with Crippen molar-refractivity contribution in [3.8, 4) is 0 Å². The van der Waals surface area contributed by atoms with Gasteiger partial charge in [0.25, 0.3) is 0 Å². The highest BCUT2D eigenvalue weighted by atomic mass is 35.5. The molecule has 0 saturated carbocycles. The Morgan fingerprint density at radius 1 is 1.20 bits per heavy atom. The second-order valence-electron chi connectivity index (χ2n) is 2.83. The second kappa shape index (κ2) is 6.68. The first kappa shape index (κ1) is 17.6. The minimum absolute atomic E-state index is 0.180. The Kier molecular flexibility index (Phi) is 5.87. The predicted octanol–water partition coefficient (Wildman–Crippen LogP) is 1.65. The first-order chi connectivity index (χ1) is 8.97. The van der Waals surface area contributed by atoms with E-state index >= 15 is 0 Å². The van der Waals surface area contributed by atoms with Crippen LogP contribution >= 0.6 is 11.6 Å². The monoisotopic (exact) mass is 326 g/mol. The maximum atomic E-state index is 10.5. The topological polar surface area (TPSA) is 192 Å². The van der Waals surface area contributed by atoms with E-state index in [0.29, 0.717) is 0 Å². The summed E-state index contributed by atoms with van der Waals surface area (Å²) in [6, 6.07) is 1.73. The molecule has 0 saturated heterocycles. The van der Waals surface area contributed by atoms with Crippen LogP contribution in [0.5, 0.6) is 0 Å². The van der Waals surface area contributed by atoms with Crippen LogP contribution in [0.4, 0.5) is 17.1 Å². The molecule has 1 N–H and O–H groups in total. The van der Waals surface area contributed by atoms with Crippen LogP contribution in [-0.2, 0) is 10.4 Å². The SMILES string of the molecule is N#[N+]c1c([N+](=O)[O-])cc(Cl)cc1[N+](=O)[O-].O=S(=O)([O-])O. The molecule has 0 heterocycles. The molecular formula is C6H3ClN4O8S. The molecule has 0 atom stereocenters. The van der Waals surface area contributed by atoms with Gasteiger partial charge >= 0.3 is 17.1 Å². The zero-order valence-electron chi connectivity index (χ0n) is 9.03. The van der Waals surface area contributed by atoms with Gasteiger partial charge in [-0.25, -0.2) is 8.42 Å². The molecule has 1 aromatic carbocycles. The number of hydrogen-bond acceptors (Lipinski definition) is 8. The van der Waals surface area contributed by atoms with E-state index in [2.05, 4.69) is 4.98 Å². The molecular weight excluding hydrogens is 324 g/mol. The number of nitro groups is 2. The Morgan fingerprint density at radius 2 is 1.50 bits per heavy atom. The van der Waals surface area contributed by atoms with Crippen LogP contribution in [-0.4, -0.2) is 27.4 Å². The van der Waals surface area contributed by atoms with Crippen molar-refractivity contribution in [3.05, 3.63) is 42.4 Å². The smallest absolute Gasteiger partial charge is 0.536 e. The molecule has 20 heavy (non-hydrogen) atoms. The largest absolute Gasteiger partial charge is 0.726 e. The lowest BCUT2D eigenvalue weighted by Gasteiger charge is -1.91. The fraction of sp³-hybridized carbons (Fsp3) is 0. The van der Waals surface area contributed by atoms with Crippen LogP contribution in [0.25, 0.3) is 4.98 Å². The molecule has 14 heteroatoms. The third-order valence-corrected chi connectivity index (χ3v) is 1.75. The molecule has 0 aromatic heterocycles. The third-order valence-electron chi connectivity index (χ3n) is 1.53. The van der Waals surface area contributed by atoms with E-state index in [1.807, 2.05) is 0 Å². The Labute approximate surface area is 115 Å². The number of halogens is 1. The Morgan fingerprint density at radius 3 is 1.70 bits per heavy atom. The number of benzene rings is 1. The summed E-state index contributed by atoms with van der Waals surface area (Å²) in [6.07, 6.45) is 0. The van der Waals surface area contributed by atoms with E-state index in [1.165, 1.54) is 0 Å². The zero-order valence-corrected chi connectivity index (χ0v) is 10.6. The molecule has 0 amide bonds. The maximum Gasteiger partial charge on any atom is 0.536 e. The number of hydrogen-bond donors (Lipinski definition) is 1. The summed E-state index contributed by atoms with van der Waals surface area (Å²) in [5.74, 6) is 0. The lowest BCUT2D eigenvalue weighted by molar-refractivity contribution is -0.392. The van der Waals surface area contributed by atoms with Gasteiger partial charge in [-0.1, -0.05) is 11.6 Å². The molecule has 0 spiro atoms. The van der Waals surface area contributed by atoms with E-state index in [-0.39, 0.29) is 5.02 Å². The second-order valence-corrected chi connectivity index (χ2v) is 4.13. The Hall–Kier alpha value is -2.40. The molecule has 1 rings (SSSR count). The van der Waals surface area contributed by atoms with Gasteiger partial charge in [-0.15, -0.1) is 0 Å². The normalized spacial score (nSPS) is 9.90. The van der Waals surface area contributed by atoms with Gasteiger partial charge in [0.15, 0.2) is 4.98 Å². The Balaban J connectivity index is 0.000000621. The summed E-state index contributed by atoms with van der Waals surface area (Å²) in [5, 5.41) is 29.2. The van der Waals surface area contributed by atoms with Crippen LogP contribution in [0.3, 0.4) is 0 Å². The highest BCUT2D eigenvalue weighted by Gasteiger charge is 2.37. The zero-order chi connectivity index (χ0) is 16.1. The van der Waals surface area contributed by atoms with Crippen molar-refractivity contribution < 1.29 is 27.4 Å². The van der Waals surface area contributed by atoms with E-state index in [4.69, 9.17) is 34.5 Å². The van der Waals surface area contributed by atoms with Gasteiger partial charge in [0, 0.05) is 12.1 Å². The van der Waals surface area contributed by atoms with Gasteiger partial charge in [-0.3, -0.25) is 24.8 Å². The van der Waals surface area contributed by atoms with Crippen LogP contribution in [0.2, 0.25) is 5.02 Å². The minimum atomic E-state index is -4.92. The molecule has 108 valence electrons. The highest BCUT2D eigenvalue weighted by molar-refractivity contribution is 7.79. The van der Waals surface area contributed by atoms with Crippen molar-refractivity contribution in [3.63, 3.8) is 0 Å². The average molecular weight is 327 g/mol. The summed E-state index contributed by atoms with van der Waals surface area (Å²) in [5.41, 5.74) is -2.18. The van der Waals surface area contributed by atoms with E-state index in [9.17, 15) is 20.2 Å². The Bertz CT molecular complexity index is 652. The molecule has 0 aliphatic heterocycles. The summed E-state index contributed by atoms with van der Waals surface area (Å²) >= 11 is 5.43. The summed E-state index contributed by atoms with van der Waals surface area (Å²) < 4.78 is 32.8. The van der Waals surface area contributed by atoms with Gasteiger partial charge in [-0.05, 0) is 0 Å². The fourth-order valence-corrected chi connectivity index (χ4v) is 1.16. The molecule has 0 fully saturated rings. The van der Waals surface area contributed by atoms with Crippen molar-refractivity contribution in [2.75, 3.05) is 0 Å². The summed E-state index contributed by atoms with van der Waals surface area (Å²) in [4.78, 5) is 21.6. The lowest BCUT2D eigenvalue weighted by atomic mass is 10.2. The van der Waals surface area contributed by atoms with Crippen LogP contribution in [0.15, 0.2) is 12.1 Å². The van der Waals surface area contributed by atoms with Crippen LogP contribution in [0.1, 0.15) is 0 Å². The van der Waals surface area contributed by atoms with E-state index < -0.39 is 37.3 Å². The molecule has 0 unspecified atom stereocenters. The van der Waals surface area contributed by atoms with Gasteiger partial charge < -0.3 is 4.55 Å². The highest BCUT2D eigenvalue weighted by Crippen LogP contribution is 2.39. The van der Waals surface area contributed by atoms with Crippen LogP contribution < -0.4 is 0 Å². The average Bonchev–Trinajstić information content (AvgIpc) is 2.25. The van der Waals surface area contributed by atoms with Crippen molar-refractivity contribution in [2.24, 2.45) is 0 Å². The number of nitrogens with zero attached hydrogens (tertiary/aromatic N) is 4. The van der Waals surface area contributed by atoms with Gasteiger partial charge in [0.05, 0.1) is 14.9 Å². The first-order valence-corrected chi connectivity index (χ1v) is 5.87. The third kappa shape index (κ3) is 5.97. The van der Waals surface area contributed by atoms with Crippen molar-refractivity contribution >= 4 is 39.1 Å². The van der Waals surface area contributed by atoms with Crippen LogP contribution in [0, 0.1) is 25.6 Å². The molecule has 12 nitrogen and oxygen atoms in total. The van der Waals surface area contributed by atoms with Gasteiger partial charge in [-0.2, -0.15) is 0 Å². The quantitative estimate of drug-likeness (QED) is 0.276.